The minimum atomic E-state index is -0.278. The predicted molar refractivity (Wildman–Crippen MR) is 87.2 cm³/mol. The minimum absolute atomic E-state index is 0.200. The lowest BCUT2D eigenvalue weighted by molar-refractivity contribution is 0.0228. The highest BCUT2D eigenvalue weighted by atomic mass is 16.3. The highest BCUT2D eigenvalue weighted by molar-refractivity contribution is 5.93. The van der Waals surface area contributed by atoms with Crippen LogP contribution < -0.4 is 5.32 Å². The molecule has 6 heteroatoms. The summed E-state index contributed by atoms with van der Waals surface area (Å²) in [4.78, 5) is 25.6. The van der Waals surface area contributed by atoms with Crippen molar-refractivity contribution >= 4 is 5.91 Å². The SMILES string of the molecule is O=C(N[C@H](c1ccccn1)C1CC(O)C1)c1cnc(C2CC2)nc1. The molecule has 1 amide bonds. The maximum Gasteiger partial charge on any atom is 0.254 e. The van der Waals surface area contributed by atoms with E-state index in [1.54, 1.807) is 18.6 Å². The van der Waals surface area contributed by atoms with E-state index in [1.165, 1.54) is 0 Å². The predicted octanol–water partition coefficient (Wildman–Crippen LogP) is 1.99. The van der Waals surface area contributed by atoms with E-state index in [9.17, 15) is 9.90 Å². The second-order valence-corrected chi connectivity index (χ2v) is 6.70. The van der Waals surface area contributed by atoms with E-state index in [0.717, 1.165) is 24.4 Å². The molecule has 0 spiro atoms. The van der Waals surface area contributed by atoms with Crippen molar-refractivity contribution in [1.82, 2.24) is 20.3 Å². The van der Waals surface area contributed by atoms with Crippen LogP contribution in [0.4, 0.5) is 0 Å². The van der Waals surface area contributed by atoms with Crippen molar-refractivity contribution in [2.75, 3.05) is 0 Å². The molecule has 0 aromatic carbocycles. The molecule has 2 saturated carbocycles. The molecule has 124 valence electrons. The molecule has 2 aromatic rings. The Labute approximate surface area is 140 Å². The Morgan fingerprint density at radius 2 is 1.92 bits per heavy atom. The fourth-order valence-corrected chi connectivity index (χ4v) is 3.13. The van der Waals surface area contributed by atoms with Gasteiger partial charge < -0.3 is 10.4 Å². The quantitative estimate of drug-likeness (QED) is 0.878. The molecule has 6 nitrogen and oxygen atoms in total. The first-order valence-corrected chi connectivity index (χ1v) is 8.42. The van der Waals surface area contributed by atoms with Crippen molar-refractivity contribution in [1.29, 1.82) is 0 Å². The van der Waals surface area contributed by atoms with Crippen LogP contribution in [0.25, 0.3) is 0 Å². The number of carbonyl (C=O) groups is 1. The number of aliphatic hydroxyl groups excluding tert-OH is 1. The van der Waals surface area contributed by atoms with Crippen molar-refractivity contribution in [3.05, 3.63) is 53.9 Å². The molecule has 0 aliphatic heterocycles. The average Bonchev–Trinajstić information content (AvgIpc) is 3.43. The Morgan fingerprint density at radius 1 is 1.17 bits per heavy atom. The minimum Gasteiger partial charge on any atom is -0.393 e. The number of pyridine rings is 1. The molecule has 1 atom stereocenters. The van der Waals surface area contributed by atoms with Crippen LogP contribution in [0.5, 0.6) is 0 Å². The van der Waals surface area contributed by atoms with Crippen LogP contribution >= 0.6 is 0 Å². The number of aromatic nitrogens is 3. The maximum absolute atomic E-state index is 12.6. The first-order chi connectivity index (χ1) is 11.7. The van der Waals surface area contributed by atoms with Gasteiger partial charge in [0, 0.05) is 24.5 Å². The van der Waals surface area contributed by atoms with Gasteiger partial charge in [0.15, 0.2) is 0 Å². The molecule has 4 rings (SSSR count). The van der Waals surface area contributed by atoms with Crippen molar-refractivity contribution in [3.63, 3.8) is 0 Å². The third kappa shape index (κ3) is 3.14. The Kier molecular flexibility index (Phi) is 3.98. The van der Waals surface area contributed by atoms with Crippen LogP contribution in [0, 0.1) is 5.92 Å². The van der Waals surface area contributed by atoms with Crippen molar-refractivity contribution in [2.24, 2.45) is 5.92 Å². The lowest BCUT2D eigenvalue weighted by atomic mass is 9.76. The van der Waals surface area contributed by atoms with E-state index in [4.69, 9.17) is 0 Å². The summed E-state index contributed by atoms with van der Waals surface area (Å²) in [5.41, 5.74) is 1.28. The number of rotatable bonds is 5. The second-order valence-electron chi connectivity index (χ2n) is 6.70. The zero-order chi connectivity index (χ0) is 16.5. The van der Waals surface area contributed by atoms with Crippen molar-refractivity contribution < 1.29 is 9.90 Å². The van der Waals surface area contributed by atoms with Gasteiger partial charge in [0.2, 0.25) is 0 Å². The summed E-state index contributed by atoms with van der Waals surface area (Å²) in [7, 11) is 0. The number of nitrogens with one attached hydrogen (secondary N) is 1. The van der Waals surface area contributed by atoms with Crippen LogP contribution in [-0.2, 0) is 0 Å². The van der Waals surface area contributed by atoms with E-state index in [1.807, 2.05) is 18.2 Å². The number of nitrogens with zero attached hydrogens (tertiary/aromatic N) is 3. The Morgan fingerprint density at radius 3 is 2.50 bits per heavy atom. The molecular weight excluding hydrogens is 304 g/mol. The summed E-state index contributed by atoms with van der Waals surface area (Å²) in [5.74, 6) is 1.30. The highest BCUT2D eigenvalue weighted by Gasteiger charge is 2.36. The summed E-state index contributed by atoms with van der Waals surface area (Å²) in [6.07, 6.45) is 8.27. The van der Waals surface area contributed by atoms with Crippen molar-refractivity contribution in [3.8, 4) is 0 Å². The Bertz CT molecular complexity index is 710. The molecule has 2 heterocycles. The molecule has 0 unspecified atom stereocenters. The zero-order valence-corrected chi connectivity index (χ0v) is 13.3. The molecule has 2 aromatic heterocycles. The van der Waals surface area contributed by atoms with E-state index < -0.39 is 0 Å². The molecule has 0 radical (unpaired) electrons. The number of amides is 1. The van der Waals surface area contributed by atoms with Gasteiger partial charge in [-0.15, -0.1) is 0 Å². The molecule has 0 saturated heterocycles. The number of hydrogen-bond acceptors (Lipinski definition) is 5. The first-order valence-electron chi connectivity index (χ1n) is 8.42. The normalized spacial score (nSPS) is 24.0. The van der Waals surface area contributed by atoms with Gasteiger partial charge in [0.05, 0.1) is 23.4 Å². The monoisotopic (exact) mass is 324 g/mol. The maximum atomic E-state index is 12.6. The highest BCUT2D eigenvalue weighted by Crippen LogP contribution is 2.38. The number of carbonyl (C=O) groups excluding carboxylic acids is 1. The summed E-state index contributed by atoms with van der Waals surface area (Å²) in [6.45, 7) is 0. The smallest absolute Gasteiger partial charge is 0.254 e. The van der Waals surface area contributed by atoms with Gasteiger partial charge in [-0.3, -0.25) is 9.78 Å². The summed E-state index contributed by atoms with van der Waals surface area (Å²) < 4.78 is 0. The average molecular weight is 324 g/mol. The van der Waals surface area contributed by atoms with E-state index >= 15 is 0 Å². The summed E-state index contributed by atoms with van der Waals surface area (Å²) in [5, 5.41) is 12.6. The van der Waals surface area contributed by atoms with Gasteiger partial charge in [0.1, 0.15) is 5.82 Å². The molecule has 24 heavy (non-hydrogen) atoms. The third-order valence-electron chi connectivity index (χ3n) is 4.79. The first kappa shape index (κ1) is 15.2. The van der Waals surface area contributed by atoms with Crippen LogP contribution in [0.3, 0.4) is 0 Å². The Balaban J connectivity index is 1.49. The lowest BCUT2D eigenvalue weighted by Crippen LogP contribution is -2.41. The molecule has 2 aliphatic rings. The van der Waals surface area contributed by atoms with E-state index in [2.05, 4.69) is 20.3 Å². The number of aliphatic hydroxyl groups is 1. The molecule has 2 fully saturated rings. The van der Waals surface area contributed by atoms with Gasteiger partial charge in [-0.05, 0) is 43.7 Å². The number of hydrogen-bond donors (Lipinski definition) is 2. The topological polar surface area (TPSA) is 88.0 Å². The molecule has 2 aliphatic carbocycles. The molecule has 2 N–H and O–H groups in total. The van der Waals surface area contributed by atoms with Gasteiger partial charge in [-0.25, -0.2) is 9.97 Å². The lowest BCUT2D eigenvalue weighted by Gasteiger charge is -2.37. The second kappa shape index (κ2) is 6.28. The molecule has 0 bridgehead atoms. The molecular formula is C18H20N4O2. The Hall–Kier alpha value is -2.34. The van der Waals surface area contributed by atoms with Crippen LogP contribution in [-0.4, -0.2) is 32.1 Å². The van der Waals surface area contributed by atoms with E-state index in [-0.39, 0.29) is 24.0 Å². The van der Waals surface area contributed by atoms with Crippen LogP contribution in [0.2, 0.25) is 0 Å². The summed E-state index contributed by atoms with van der Waals surface area (Å²) >= 11 is 0. The zero-order valence-electron chi connectivity index (χ0n) is 13.3. The standard InChI is InChI=1S/C18H20N4O2/c23-14-7-12(8-14)16(15-3-1-2-6-19-15)22-18(24)13-9-20-17(21-10-13)11-4-5-11/h1-3,6,9-12,14,16,23H,4-5,7-8H2,(H,22,24)/t12?,14?,16-/m0/s1. The van der Waals surface area contributed by atoms with E-state index in [0.29, 0.717) is 24.3 Å². The fraction of sp³-hybridized carbons (Fsp3) is 0.444. The van der Waals surface area contributed by atoms with Gasteiger partial charge in [-0.2, -0.15) is 0 Å². The van der Waals surface area contributed by atoms with Crippen LogP contribution in [0.15, 0.2) is 36.8 Å². The van der Waals surface area contributed by atoms with Crippen LogP contribution in [0.1, 0.15) is 59.5 Å². The summed E-state index contributed by atoms with van der Waals surface area (Å²) in [6, 6.07) is 5.46. The van der Waals surface area contributed by atoms with Gasteiger partial charge in [-0.1, -0.05) is 6.07 Å². The van der Waals surface area contributed by atoms with Crippen molar-refractivity contribution in [2.45, 2.75) is 43.7 Å². The fourth-order valence-electron chi connectivity index (χ4n) is 3.13. The van der Waals surface area contributed by atoms with Gasteiger partial charge in [0.25, 0.3) is 5.91 Å². The third-order valence-corrected chi connectivity index (χ3v) is 4.79. The largest absolute Gasteiger partial charge is 0.393 e. The van der Waals surface area contributed by atoms with Gasteiger partial charge >= 0.3 is 0 Å².